The molecule has 80 valence electrons. The van der Waals surface area contributed by atoms with Gasteiger partial charge in [-0.1, -0.05) is 0 Å². The van der Waals surface area contributed by atoms with Crippen molar-refractivity contribution in [1.82, 2.24) is 29.9 Å². The fourth-order valence-corrected chi connectivity index (χ4v) is 3.97. The van der Waals surface area contributed by atoms with Crippen LogP contribution in [0.25, 0.3) is 0 Å². The Morgan fingerprint density at radius 1 is 0.688 bits per heavy atom. The first-order valence-corrected chi connectivity index (χ1v) is 6.66. The van der Waals surface area contributed by atoms with Crippen LogP contribution in [0.3, 0.4) is 0 Å². The van der Waals surface area contributed by atoms with Gasteiger partial charge in [-0.2, -0.15) is 0 Å². The minimum Gasteiger partial charge on any atom is -0.352 e. The second-order valence-electron chi connectivity index (χ2n) is 3.36. The van der Waals surface area contributed by atoms with E-state index in [0.717, 1.165) is 16.3 Å². The van der Waals surface area contributed by atoms with E-state index < -0.39 is 8.80 Å². The second-order valence-corrected chi connectivity index (χ2v) is 5.86. The van der Waals surface area contributed by atoms with E-state index >= 15 is 0 Å². The summed E-state index contributed by atoms with van der Waals surface area (Å²) in [6, 6.07) is 0. The van der Waals surface area contributed by atoms with Crippen molar-refractivity contribution >= 4 is 25.1 Å². The molecule has 3 aromatic heterocycles. The summed E-state index contributed by atoms with van der Waals surface area (Å²) >= 11 is 0. The van der Waals surface area contributed by atoms with Gasteiger partial charge in [0.25, 0.3) is 8.80 Å². The normalized spacial score (nSPS) is 11.1. The maximum absolute atomic E-state index is 4.31. The minimum absolute atomic E-state index is 0.949. The molecule has 3 aromatic rings. The molecule has 7 heteroatoms. The summed E-state index contributed by atoms with van der Waals surface area (Å²) in [6.45, 7) is 0. The van der Waals surface area contributed by atoms with E-state index in [1.54, 1.807) is 18.6 Å². The van der Waals surface area contributed by atoms with Gasteiger partial charge in [-0.15, -0.1) is 0 Å². The first-order chi connectivity index (χ1) is 7.95. The third-order valence-corrected chi connectivity index (χ3v) is 4.97. The van der Waals surface area contributed by atoms with Crippen LogP contribution in [0.4, 0.5) is 0 Å². The number of hydrogen-bond donors (Lipinski definition) is 3. The minimum atomic E-state index is -1.66. The Kier molecular flexibility index (Phi) is 2.15. The molecule has 3 rings (SSSR count). The Bertz CT molecular complexity index is 445. The molecule has 16 heavy (non-hydrogen) atoms. The molecule has 0 bridgehead atoms. The third kappa shape index (κ3) is 1.46. The zero-order chi connectivity index (χ0) is 10.8. The van der Waals surface area contributed by atoms with E-state index in [-0.39, 0.29) is 0 Å². The molecule has 0 aliphatic rings. The Balaban J connectivity index is 2.09. The zero-order valence-corrected chi connectivity index (χ0v) is 9.54. The van der Waals surface area contributed by atoms with Crippen molar-refractivity contribution in [2.75, 3.05) is 0 Å². The molecule has 0 aliphatic heterocycles. The summed E-state index contributed by atoms with van der Waals surface area (Å²) in [5.74, 6) is 0. The van der Waals surface area contributed by atoms with Gasteiger partial charge >= 0.3 is 0 Å². The van der Waals surface area contributed by atoms with Crippen LogP contribution in [0.5, 0.6) is 0 Å². The Labute approximate surface area is 92.8 Å². The second kappa shape index (κ2) is 3.78. The number of nitrogens with zero attached hydrogens (tertiary/aromatic N) is 3. The van der Waals surface area contributed by atoms with Gasteiger partial charge in [-0.05, 0) is 0 Å². The lowest BCUT2D eigenvalue weighted by atomic mass is 11.0. The van der Waals surface area contributed by atoms with Gasteiger partial charge in [0.2, 0.25) is 0 Å². The molecule has 0 aliphatic carbocycles. The molecule has 0 radical (unpaired) electrons. The van der Waals surface area contributed by atoms with Crippen LogP contribution in [-0.4, -0.2) is 38.7 Å². The highest BCUT2D eigenvalue weighted by atomic mass is 28.3. The fraction of sp³-hybridized carbons (Fsp3) is 0. The highest BCUT2D eigenvalue weighted by molar-refractivity contribution is 6.92. The Morgan fingerprint density at radius 2 is 1.06 bits per heavy atom. The average Bonchev–Trinajstić information content (AvgIpc) is 3.02. The number of hydrogen-bond acceptors (Lipinski definition) is 3. The monoisotopic (exact) mass is 230 g/mol. The highest BCUT2D eigenvalue weighted by Crippen LogP contribution is 1.83. The van der Waals surface area contributed by atoms with Crippen LogP contribution in [0.15, 0.2) is 37.2 Å². The maximum Gasteiger partial charge on any atom is 0.262 e. The van der Waals surface area contributed by atoms with Crippen molar-refractivity contribution < 1.29 is 0 Å². The van der Waals surface area contributed by atoms with E-state index in [1.165, 1.54) is 0 Å². The van der Waals surface area contributed by atoms with Gasteiger partial charge < -0.3 is 15.0 Å². The molecular formula is C9H10N6Si. The van der Waals surface area contributed by atoms with Crippen LogP contribution in [-0.2, 0) is 0 Å². The number of aromatic nitrogens is 6. The topological polar surface area (TPSA) is 86.0 Å². The smallest absolute Gasteiger partial charge is 0.262 e. The summed E-state index contributed by atoms with van der Waals surface area (Å²) in [5.41, 5.74) is 2.85. The first kappa shape index (κ1) is 9.10. The standard InChI is InChI=1S/C9H10N6Si/c1-2-11-7(10-1)16(8-12-3-4-13-8)9-14-5-6-15-9/h1-6,16H,(H,10,11)(H,12,13)(H,14,15). The zero-order valence-electron chi connectivity index (χ0n) is 8.38. The lowest BCUT2D eigenvalue weighted by molar-refractivity contribution is 1.32. The molecule has 0 saturated carbocycles. The summed E-state index contributed by atoms with van der Waals surface area (Å²) < 4.78 is 0. The molecule has 0 fully saturated rings. The third-order valence-electron chi connectivity index (χ3n) is 2.38. The lowest BCUT2D eigenvalue weighted by Gasteiger charge is -2.06. The summed E-state index contributed by atoms with van der Waals surface area (Å²) in [4.78, 5) is 22.4. The molecule has 3 heterocycles. The lowest BCUT2D eigenvalue weighted by Crippen LogP contribution is -2.56. The molecule has 0 atom stereocenters. The number of rotatable bonds is 3. The van der Waals surface area contributed by atoms with E-state index in [2.05, 4.69) is 29.9 Å². The van der Waals surface area contributed by atoms with Crippen LogP contribution in [0, 0.1) is 0 Å². The van der Waals surface area contributed by atoms with Gasteiger partial charge in [0, 0.05) is 37.2 Å². The predicted molar refractivity (Wildman–Crippen MR) is 61.8 cm³/mol. The van der Waals surface area contributed by atoms with Gasteiger partial charge in [0.1, 0.15) is 0 Å². The summed E-state index contributed by atoms with van der Waals surface area (Å²) in [5, 5.41) is 0. The summed E-state index contributed by atoms with van der Waals surface area (Å²) in [6.07, 6.45) is 10.7. The largest absolute Gasteiger partial charge is 0.352 e. The molecular weight excluding hydrogens is 220 g/mol. The molecule has 6 nitrogen and oxygen atoms in total. The molecule has 0 spiro atoms. The summed E-state index contributed by atoms with van der Waals surface area (Å²) in [7, 11) is -1.66. The SMILES string of the molecule is c1c[nH]c([SiH](c2ncc[nH]2)c2ncc[nH]2)n1. The van der Waals surface area contributed by atoms with E-state index in [4.69, 9.17) is 0 Å². The van der Waals surface area contributed by atoms with Crippen molar-refractivity contribution in [1.29, 1.82) is 0 Å². The average molecular weight is 230 g/mol. The maximum atomic E-state index is 4.31. The molecule has 0 saturated heterocycles. The van der Waals surface area contributed by atoms with Crippen molar-refractivity contribution in [2.45, 2.75) is 0 Å². The molecule has 3 N–H and O–H groups in total. The number of imidazole rings is 3. The first-order valence-electron chi connectivity index (χ1n) is 4.93. The van der Waals surface area contributed by atoms with Gasteiger partial charge in [0.05, 0.1) is 16.3 Å². The highest BCUT2D eigenvalue weighted by Gasteiger charge is 2.26. The Morgan fingerprint density at radius 3 is 1.31 bits per heavy atom. The van der Waals surface area contributed by atoms with E-state index in [9.17, 15) is 0 Å². The quantitative estimate of drug-likeness (QED) is 0.460. The van der Waals surface area contributed by atoms with Crippen molar-refractivity contribution in [3.8, 4) is 0 Å². The van der Waals surface area contributed by atoms with Crippen LogP contribution in [0.1, 0.15) is 0 Å². The predicted octanol–water partition coefficient (Wildman–Crippen LogP) is -1.90. The molecule has 0 unspecified atom stereocenters. The van der Waals surface area contributed by atoms with Crippen molar-refractivity contribution in [3.05, 3.63) is 37.2 Å². The number of aromatic amines is 3. The van der Waals surface area contributed by atoms with Crippen LogP contribution >= 0.6 is 0 Å². The number of nitrogens with one attached hydrogen (secondary N) is 3. The molecule has 0 aromatic carbocycles. The van der Waals surface area contributed by atoms with Crippen LogP contribution in [0.2, 0.25) is 0 Å². The van der Waals surface area contributed by atoms with Gasteiger partial charge in [-0.3, -0.25) is 0 Å². The van der Waals surface area contributed by atoms with Gasteiger partial charge in [0.15, 0.2) is 0 Å². The Hall–Kier alpha value is -2.15. The fourth-order valence-electron chi connectivity index (χ4n) is 1.69. The van der Waals surface area contributed by atoms with E-state index in [1.807, 2.05) is 18.6 Å². The van der Waals surface area contributed by atoms with Gasteiger partial charge in [-0.25, -0.2) is 15.0 Å². The van der Waals surface area contributed by atoms with Crippen LogP contribution < -0.4 is 16.3 Å². The van der Waals surface area contributed by atoms with Crippen molar-refractivity contribution in [3.63, 3.8) is 0 Å². The molecule has 0 amide bonds. The van der Waals surface area contributed by atoms with Crippen molar-refractivity contribution in [2.24, 2.45) is 0 Å². The van der Waals surface area contributed by atoms with E-state index in [0.29, 0.717) is 0 Å². The number of H-pyrrole nitrogens is 3.